The van der Waals surface area contributed by atoms with E-state index in [1.54, 1.807) is 12.1 Å². The molecule has 1 aromatic carbocycles. The molecule has 0 aromatic heterocycles. The van der Waals surface area contributed by atoms with Crippen LogP contribution in [0.1, 0.15) is 29.3 Å². The van der Waals surface area contributed by atoms with E-state index in [4.69, 9.17) is 4.74 Å². The summed E-state index contributed by atoms with van der Waals surface area (Å²) in [5, 5.41) is 0. The highest BCUT2D eigenvalue weighted by molar-refractivity contribution is 9.10. The number of rotatable bonds is 6. The number of methoxy groups -OCH3 is 1. The molecule has 0 saturated carbocycles. The second-order valence-corrected chi connectivity index (χ2v) is 4.91. The van der Waals surface area contributed by atoms with E-state index >= 15 is 0 Å². The Kier molecular flexibility index (Phi) is 6.09. The maximum atomic E-state index is 11.3. The van der Waals surface area contributed by atoms with Crippen LogP contribution in [-0.4, -0.2) is 19.7 Å². The lowest BCUT2D eigenvalue weighted by Gasteiger charge is -2.08. The van der Waals surface area contributed by atoms with E-state index in [-0.39, 0.29) is 5.97 Å². The van der Waals surface area contributed by atoms with E-state index in [1.807, 2.05) is 13.0 Å². The number of hydrogen-bond donors (Lipinski definition) is 0. The Hall–Kier alpha value is -1.13. The van der Waals surface area contributed by atoms with E-state index < -0.39 is 0 Å². The number of ether oxygens (including phenoxy) is 2. The van der Waals surface area contributed by atoms with Crippen molar-refractivity contribution in [1.82, 2.24) is 0 Å². The van der Waals surface area contributed by atoms with E-state index in [2.05, 4.69) is 27.2 Å². The molecular weight excluding hydrogens is 296 g/mol. The Morgan fingerprint density at radius 2 is 2.17 bits per heavy atom. The van der Waals surface area contributed by atoms with Crippen molar-refractivity contribution in [2.75, 3.05) is 13.7 Å². The van der Waals surface area contributed by atoms with Crippen LogP contribution in [0.2, 0.25) is 0 Å². The smallest absolute Gasteiger partial charge is 0.337 e. The van der Waals surface area contributed by atoms with Gasteiger partial charge < -0.3 is 9.47 Å². The van der Waals surface area contributed by atoms with Crippen molar-refractivity contribution in [1.29, 1.82) is 0 Å². The molecule has 0 spiro atoms. The fourth-order valence-electron chi connectivity index (χ4n) is 1.34. The average molecular weight is 313 g/mol. The third-order valence-corrected chi connectivity index (χ3v) is 3.14. The van der Waals surface area contributed by atoms with E-state index in [1.165, 1.54) is 7.11 Å². The Balaban J connectivity index is 2.57. The highest BCUT2D eigenvalue weighted by atomic mass is 79.9. The molecular formula is C14H17BrO3. The van der Waals surface area contributed by atoms with Gasteiger partial charge in [-0.1, -0.05) is 27.6 Å². The zero-order valence-corrected chi connectivity index (χ0v) is 12.2. The highest BCUT2D eigenvalue weighted by Crippen LogP contribution is 2.20. The number of esters is 1. The largest absolute Gasteiger partial charge is 0.465 e. The summed E-state index contributed by atoms with van der Waals surface area (Å²) < 4.78 is 11.0. The molecule has 18 heavy (non-hydrogen) atoms. The summed E-state index contributed by atoms with van der Waals surface area (Å²) in [6.45, 7) is 6.96. The van der Waals surface area contributed by atoms with Crippen molar-refractivity contribution in [3.8, 4) is 0 Å². The third-order valence-electron chi connectivity index (χ3n) is 2.40. The van der Waals surface area contributed by atoms with Crippen LogP contribution < -0.4 is 0 Å². The van der Waals surface area contributed by atoms with Gasteiger partial charge in [-0.2, -0.15) is 0 Å². The number of carbonyl (C=O) groups is 1. The van der Waals surface area contributed by atoms with Crippen LogP contribution in [0.3, 0.4) is 0 Å². The first-order valence-corrected chi connectivity index (χ1v) is 6.42. The Labute approximate surface area is 116 Å². The quantitative estimate of drug-likeness (QED) is 0.456. The summed E-state index contributed by atoms with van der Waals surface area (Å²) in [5.41, 5.74) is 2.63. The maximum absolute atomic E-state index is 11.3. The third kappa shape index (κ3) is 4.63. The lowest BCUT2D eigenvalue weighted by Crippen LogP contribution is -2.02. The molecule has 98 valence electrons. The van der Waals surface area contributed by atoms with Crippen LogP contribution in [0.25, 0.3) is 0 Å². The van der Waals surface area contributed by atoms with Crippen LogP contribution in [-0.2, 0) is 16.1 Å². The normalized spacial score (nSPS) is 10.2. The summed E-state index contributed by atoms with van der Waals surface area (Å²) in [5.74, 6) is -0.342. The summed E-state index contributed by atoms with van der Waals surface area (Å²) >= 11 is 3.42. The fourth-order valence-corrected chi connectivity index (χ4v) is 1.83. The monoisotopic (exact) mass is 312 g/mol. The summed E-state index contributed by atoms with van der Waals surface area (Å²) in [6.07, 6.45) is 0.859. The van der Waals surface area contributed by atoms with E-state index in [0.717, 1.165) is 22.0 Å². The van der Waals surface area contributed by atoms with Crippen LogP contribution in [0.4, 0.5) is 0 Å². The molecule has 0 aliphatic heterocycles. The molecule has 0 fully saturated rings. The number of hydrogen-bond acceptors (Lipinski definition) is 3. The van der Waals surface area contributed by atoms with Gasteiger partial charge in [-0.3, -0.25) is 0 Å². The highest BCUT2D eigenvalue weighted by Gasteiger charge is 2.08. The Morgan fingerprint density at radius 1 is 1.44 bits per heavy atom. The fraction of sp³-hybridized carbons (Fsp3) is 0.357. The topological polar surface area (TPSA) is 35.5 Å². The molecule has 4 heteroatoms. The predicted octanol–water partition coefficient (Wildman–Crippen LogP) is 3.72. The Bertz CT molecular complexity index is 441. The van der Waals surface area contributed by atoms with Crippen molar-refractivity contribution in [3.63, 3.8) is 0 Å². The molecule has 3 nitrogen and oxygen atoms in total. The number of halogens is 1. The SMILES string of the molecule is C=C(C)CCOCc1ccc(C(=O)OC)cc1Br. The molecule has 0 radical (unpaired) electrons. The molecule has 1 aromatic rings. The first-order valence-electron chi connectivity index (χ1n) is 5.63. The molecule has 0 aliphatic carbocycles. The van der Waals surface area contributed by atoms with E-state index in [0.29, 0.717) is 18.8 Å². The second kappa shape index (κ2) is 7.34. The summed E-state index contributed by atoms with van der Waals surface area (Å²) in [6, 6.07) is 5.33. The molecule has 0 atom stereocenters. The molecule has 0 amide bonds. The standard InChI is InChI=1S/C14H17BrO3/c1-10(2)6-7-18-9-12-5-4-11(8-13(12)15)14(16)17-3/h4-5,8H,1,6-7,9H2,2-3H3. The Morgan fingerprint density at radius 3 is 2.72 bits per heavy atom. The van der Waals surface area contributed by atoms with Gasteiger partial charge in [0.05, 0.1) is 25.9 Å². The molecule has 0 N–H and O–H groups in total. The lowest BCUT2D eigenvalue weighted by atomic mass is 10.1. The van der Waals surface area contributed by atoms with Gasteiger partial charge in [-0.15, -0.1) is 6.58 Å². The minimum atomic E-state index is -0.342. The minimum absolute atomic E-state index is 0.342. The number of benzene rings is 1. The van der Waals surface area contributed by atoms with E-state index in [9.17, 15) is 4.79 Å². The first kappa shape index (κ1) is 14.9. The second-order valence-electron chi connectivity index (χ2n) is 4.06. The van der Waals surface area contributed by atoms with Gasteiger partial charge >= 0.3 is 5.97 Å². The molecule has 0 saturated heterocycles. The van der Waals surface area contributed by atoms with Gasteiger partial charge in [0.1, 0.15) is 0 Å². The van der Waals surface area contributed by atoms with Crippen molar-refractivity contribution in [2.45, 2.75) is 20.0 Å². The molecule has 0 bridgehead atoms. The van der Waals surface area contributed by atoms with Gasteiger partial charge in [-0.05, 0) is 31.0 Å². The van der Waals surface area contributed by atoms with Crippen molar-refractivity contribution in [3.05, 3.63) is 46.0 Å². The van der Waals surface area contributed by atoms with Gasteiger partial charge in [-0.25, -0.2) is 4.79 Å². The van der Waals surface area contributed by atoms with Gasteiger partial charge in [0.25, 0.3) is 0 Å². The molecule has 0 unspecified atom stereocenters. The predicted molar refractivity (Wildman–Crippen MR) is 74.6 cm³/mol. The first-order chi connectivity index (χ1) is 8.54. The maximum Gasteiger partial charge on any atom is 0.337 e. The average Bonchev–Trinajstić information content (AvgIpc) is 2.34. The van der Waals surface area contributed by atoms with Crippen molar-refractivity contribution in [2.24, 2.45) is 0 Å². The van der Waals surface area contributed by atoms with Gasteiger partial charge in [0, 0.05) is 4.47 Å². The van der Waals surface area contributed by atoms with Crippen molar-refractivity contribution >= 4 is 21.9 Å². The zero-order valence-electron chi connectivity index (χ0n) is 10.7. The van der Waals surface area contributed by atoms with Gasteiger partial charge in [0.15, 0.2) is 0 Å². The van der Waals surface area contributed by atoms with Crippen LogP contribution in [0, 0.1) is 0 Å². The van der Waals surface area contributed by atoms with Crippen LogP contribution in [0.15, 0.2) is 34.8 Å². The van der Waals surface area contributed by atoms with Crippen LogP contribution in [0.5, 0.6) is 0 Å². The molecule has 0 heterocycles. The van der Waals surface area contributed by atoms with Gasteiger partial charge in [0.2, 0.25) is 0 Å². The summed E-state index contributed by atoms with van der Waals surface area (Å²) in [4.78, 5) is 11.3. The number of carbonyl (C=O) groups excluding carboxylic acids is 1. The lowest BCUT2D eigenvalue weighted by molar-refractivity contribution is 0.0600. The van der Waals surface area contributed by atoms with Crippen LogP contribution >= 0.6 is 15.9 Å². The molecule has 1 rings (SSSR count). The summed E-state index contributed by atoms with van der Waals surface area (Å²) in [7, 11) is 1.37. The van der Waals surface area contributed by atoms with Crippen molar-refractivity contribution < 1.29 is 14.3 Å². The minimum Gasteiger partial charge on any atom is -0.465 e. The molecule has 0 aliphatic rings. The zero-order chi connectivity index (χ0) is 13.5.